The first-order valence-electron chi connectivity index (χ1n) is 18.3. The lowest BCUT2D eigenvalue weighted by molar-refractivity contribution is -0.132. The first-order chi connectivity index (χ1) is 24.3. The van der Waals surface area contributed by atoms with Crippen LogP contribution in [0.5, 0.6) is 0 Å². The van der Waals surface area contributed by atoms with Crippen molar-refractivity contribution in [1.82, 2.24) is 19.6 Å². The average molecular weight is 691 g/mol. The Bertz CT molecular complexity index is 1290. The zero-order valence-corrected chi connectivity index (χ0v) is 29.3. The van der Waals surface area contributed by atoms with Gasteiger partial charge in [0.2, 0.25) is 11.8 Å². The number of carbonyl (C=O) groups excluding carboxylic acids is 4. The number of ether oxygens (including phenoxy) is 2. The Morgan fingerprint density at radius 3 is 1.12 bits per heavy atom. The van der Waals surface area contributed by atoms with Gasteiger partial charge in [0.05, 0.1) is 12.8 Å². The Kier molecular flexibility index (Phi) is 13.9. The summed E-state index contributed by atoms with van der Waals surface area (Å²) in [7, 11) is 0. The van der Waals surface area contributed by atoms with Crippen LogP contribution in [0, 0.1) is 0 Å². The summed E-state index contributed by atoms with van der Waals surface area (Å²) in [5.74, 6) is 0.127. The number of carbonyl (C=O) groups is 4. The highest BCUT2D eigenvalue weighted by atomic mass is 16.6. The molecular weight excluding hydrogens is 636 g/mol. The van der Waals surface area contributed by atoms with E-state index in [1.165, 1.54) is 0 Å². The first-order valence-corrected chi connectivity index (χ1v) is 18.3. The van der Waals surface area contributed by atoms with E-state index in [0.717, 1.165) is 73.6 Å². The summed E-state index contributed by atoms with van der Waals surface area (Å²) in [5, 5.41) is 0. The molecule has 0 bridgehead atoms. The van der Waals surface area contributed by atoms with Crippen LogP contribution in [0.4, 0.5) is 9.59 Å². The zero-order valence-electron chi connectivity index (χ0n) is 29.3. The van der Waals surface area contributed by atoms with E-state index in [-0.39, 0.29) is 36.2 Å². The van der Waals surface area contributed by atoms with Gasteiger partial charge in [-0.05, 0) is 86.7 Å². The van der Waals surface area contributed by atoms with Gasteiger partial charge in [0.15, 0.2) is 0 Å². The van der Waals surface area contributed by atoms with Gasteiger partial charge in [0, 0.05) is 52.4 Å². The van der Waals surface area contributed by atoms with E-state index in [4.69, 9.17) is 20.9 Å². The Labute approximate surface area is 296 Å². The van der Waals surface area contributed by atoms with Gasteiger partial charge < -0.3 is 40.5 Å². The molecule has 0 spiro atoms. The molecule has 2 saturated heterocycles. The number of nitrogens with zero attached hydrogens (tertiary/aromatic N) is 4. The molecule has 4 N–H and O–H groups in total. The zero-order chi connectivity index (χ0) is 35.3. The highest BCUT2D eigenvalue weighted by Gasteiger charge is 2.30. The lowest BCUT2D eigenvalue weighted by Crippen LogP contribution is -2.51. The van der Waals surface area contributed by atoms with Crippen molar-refractivity contribution in [3.8, 4) is 0 Å². The molecule has 1 saturated carbocycles. The minimum atomic E-state index is -0.320. The molecule has 2 aromatic rings. The topological polar surface area (TPSA) is 152 Å². The third-order valence-electron chi connectivity index (χ3n) is 10.0. The maximum atomic E-state index is 13.0. The standard InChI is InChI=1S/C38H54N6O6/c39-17-15-29-7-11-31(12-8-29)27-35(45)41-19-23-43(24-20-41)37(47)49-33-3-1-4-34(6-2-5-33)50-38(48)44-25-21-42(22-26-44)36(46)28-32-13-9-30(10-14-32)16-18-40/h7-14,33-34H,1-6,15-28,39-40H2/t33-,34+. The van der Waals surface area contributed by atoms with Crippen molar-refractivity contribution in [2.45, 2.75) is 76.4 Å². The van der Waals surface area contributed by atoms with Crippen molar-refractivity contribution in [2.75, 3.05) is 65.4 Å². The van der Waals surface area contributed by atoms with Gasteiger partial charge >= 0.3 is 12.2 Å². The molecule has 2 heterocycles. The van der Waals surface area contributed by atoms with Crippen molar-refractivity contribution in [3.63, 3.8) is 0 Å². The fourth-order valence-corrected chi connectivity index (χ4v) is 6.94. The number of nitrogens with two attached hydrogens (primary N) is 2. The second-order valence-electron chi connectivity index (χ2n) is 13.7. The van der Waals surface area contributed by atoms with E-state index in [1.807, 2.05) is 58.3 Å². The smallest absolute Gasteiger partial charge is 0.410 e. The number of piperazine rings is 2. The second-order valence-corrected chi connectivity index (χ2v) is 13.7. The van der Waals surface area contributed by atoms with E-state index < -0.39 is 0 Å². The van der Waals surface area contributed by atoms with E-state index in [9.17, 15) is 19.2 Å². The van der Waals surface area contributed by atoms with E-state index >= 15 is 0 Å². The average Bonchev–Trinajstić information content (AvgIpc) is 3.12. The number of rotatable bonds is 10. The number of hydrogen-bond donors (Lipinski definition) is 2. The molecule has 272 valence electrons. The van der Waals surface area contributed by atoms with E-state index in [0.29, 0.717) is 78.3 Å². The molecule has 2 aromatic carbocycles. The molecule has 3 aliphatic rings. The maximum absolute atomic E-state index is 13.0. The number of hydrogen-bond acceptors (Lipinski definition) is 8. The molecule has 3 fully saturated rings. The number of benzene rings is 2. The maximum Gasteiger partial charge on any atom is 0.410 e. The van der Waals surface area contributed by atoms with Gasteiger partial charge in [-0.15, -0.1) is 0 Å². The lowest BCUT2D eigenvalue weighted by atomic mass is 9.96. The van der Waals surface area contributed by atoms with Gasteiger partial charge in [-0.1, -0.05) is 48.5 Å². The molecular formula is C38H54N6O6. The molecule has 4 amide bonds. The summed E-state index contributed by atoms with van der Waals surface area (Å²) >= 11 is 0. The summed E-state index contributed by atoms with van der Waals surface area (Å²) in [6.45, 7) is 4.99. The van der Waals surface area contributed by atoms with Gasteiger partial charge in [-0.25, -0.2) is 9.59 Å². The molecule has 50 heavy (non-hydrogen) atoms. The van der Waals surface area contributed by atoms with Crippen LogP contribution < -0.4 is 11.5 Å². The van der Waals surface area contributed by atoms with Crippen LogP contribution in [-0.2, 0) is 44.7 Å². The molecule has 12 nitrogen and oxygen atoms in total. The Balaban J connectivity index is 0.956. The highest BCUT2D eigenvalue weighted by molar-refractivity contribution is 5.80. The van der Waals surface area contributed by atoms with Crippen molar-refractivity contribution >= 4 is 24.0 Å². The summed E-state index contributed by atoms with van der Waals surface area (Å²) in [6, 6.07) is 16.0. The lowest BCUT2D eigenvalue weighted by Gasteiger charge is -2.36. The van der Waals surface area contributed by atoms with Crippen LogP contribution in [0.3, 0.4) is 0 Å². The fourth-order valence-electron chi connectivity index (χ4n) is 6.94. The van der Waals surface area contributed by atoms with Crippen LogP contribution in [0.15, 0.2) is 48.5 Å². The molecule has 5 rings (SSSR count). The Morgan fingerprint density at radius 2 is 0.800 bits per heavy atom. The summed E-state index contributed by atoms with van der Waals surface area (Å²) in [5.41, 5.74) is 15.5. The van der Waals surface area contributed by atoms with Crippen LogP contribution in [0.2, 0.25) is 0 Å². The van der Waals surface area contributed by atoms with Crippen LogP contribution >= 0.6 is 0 Å². The molecule has 0 aromatic heterocycles. The van der Waals surface area contributed by atoms with Crippen LogP contribution in [0.25, 0.3) is 0 Å². The molecule has 0 unspecified atom stereocenters. The molecule has 0 atom stereocenters. The normalized spacial score (nSPS) is 20.1. The van der Waals surface area contributed by atoms with Crippen LogP contribution in [0.1, 0.15) is 60.8 Å². The van der Waals surface area contributed by atoms with Crippen molar-refractivity contribution < 1.29 is 28.7 Å². The third kappa shape index (κ3) is 10.9. The molecule has 12 heteroatoms. The Morgan fingerprint density at radius 1 is 0.500 bits per heavy atom. The predicted octanol–water partition coefficient (Wildman–Crippen LogP) is 3.13. The second kappa shape index (κ2) is 18.7. The fraction of sp³-hybridized carbons (Fsp3) is 0.579. The predicted molar refractivity (Wildman–Crippen MR) is 190 cm³/mol. The largest absolute Gasteiger partial charge is 0.446 e. The van der Waals surface area contributed by atoms with Gasteiger partial charge in [-0.3, -0.25) is 9.59 Å². The van der Waals surface area contributed by atoms with E-state index in [2.05, 4.69) is 0 Å². The van der Waals surface area contributed by atoms with Crippen molar-refractivity contribution in [1.29, 1.82) is 0 Å². The summed E-state index contributed by atoms with van der Waals surface area (Å²) < 4.78 is 11.8. The molecule has 0 radical (unpaired) electrons. The molecule has 2 aliphatic heterocycles. The minimum Gasteiger partial charge on any atom is -0.446 e. The highest BCUT2D eigenvalue weighted by Crippen LogP contribution is 2.24. The van der Waals surface area contributed by atoms with Gasteiger partial charge in [0.25, 0.3) is 0 Å². The van der Waals surface area contributed by atoms with Crippen molar-refractivity contribution in [3.05, 3.63) is 70.8 Å². The first kappa shape index (κ1) is 37.1. The molecule has 1 aliphatic carbocycles. The van der Waals surface area contributed by atoms with Gasteiger partial charge in [0.1, 0.15) is 12.2 Å². The monoisotopic (exact) mass is 690 g/mol. The van der Waals surface area contributed by atoms with Crippen LogP contribution in [-0.4, -0.2) is 121 Å². The Hall–Kier alpha value is -4.16. The third-order valence-corrected chi connectivity index (χ3v) is 10.0. The quantitative estimate of drug-likeness (QED) is 0.386. The summed E-state index contributed by atoms with van der Waals surface area (Å²) in [6.07, 6.45) is 5.82. The minimum absolute atomic E-state index is 0.0637. The van der Waals surface area contributed by atoms with Gasteiger partial charge in [-0.2, -0.15) is 0 Å². The summed E-state index contributed by atoms with van der Waals surface area (Å²) in [4.78, 5) is 58.7. The number of amides is 4. The SMILES string of the molecule is NCCc1ccc(CC(=O)N2CCN(C(=O)O[C@H]3CCC[C@@H](OC(=O)N4CCN(C(=O)Cc5ccc(CCN)cc5)CC4)CCC3)CC2)cc1. The van der Waals surface area contributed by atoms with Crippen molar-refractivity contribution in [2.24, 2.45) is 11.5 Å². The van der Waals surface area contributed by atoms with E-state index in [1.54, 1.807) is 9.80 Å².